The number of hydrogen-bond donors (Lipinski definition) is 3. The second-order valence-corrected chi connectivity index (χ2v) is 5.36. The van der Waals surface area contributed by atoms with Gasteiger partial charge in [0.05, 0.1) is 11.3 Å². The molecule has 0 aliphatic rings. The van der Waals surface area contributed by atoms with Crippen molar-refractivity contribution in [2.45, 2.75) is 26.4 Å². The molecule has 2 aromatic rings. The summed E-state index contributed by atoms with van der Waals surface area (Å²) in [5, 5.41) is 12.2. The van der Waals surface area contributed by atoms with Crippen LogP contribution in [0.15, 0.2) is 24.4 Å². The van der Waals surface area contributed by atoms with Gasteiger partial charge in [-0.25, -0.2) is 9.59 Å². The highest BCUT2D eigenvalue weighted by Gasteiger charge is 2.19. The number of amides is 1. The standard InChI is InChI=1S/C14H16N2O4/c1-14(2,3)20-13(19)16-10-6-4-5-9-11(10)8(7-15-9)12(17)18/h4-7,15H,1-3H3,(H,16,19)(H,17,18). The van der Waals surface area contributed by atoms with E-state index in [9.17, 15) is 9.59 Å². The summed E-state index contributed by atoms with van der Waals surface area (Å²) in [6.07, 6.45) is 0.773. The van der Waals surface area contributed by atoms with Crippen molar-refractivity contribution in [1.29, 1.82) is 0 Å². The SMILES string of the molecule is CC(C)(C)OC(=O)Nc1cccc2[nH]cc(C(=O)O)c12. The molecule has 6 heteroatoms. The first kappa shape index (κ1) is 13.9. The van der Waals surface area contributed by atoms with E-state index in [1.54, 1.807) is 39.0 Å². The Bertz CT molecular complexity index is 667. The van der Waals surface area contributed by atoms with E-state index >= 15 is 0 Å². The van der Waals surface area contributed by atoms with Gasteiger partial charge in [-0.05, 0) is 32.9 Å². The first-order valence-corrected chi connectivity index (χ1v) is 6.11. The normalized spacial score (nSPS) is 11.3. The van der Waals surface area contributed by atoms with E-state index in [2.05, 4.69) is 10.3 Å². The molecule has 0 bridgehead atoms. The third-order valence-corrected chi connectivity index (χ3v) is 2.57. The molecule has 20 heavy (non-hydrogen) atoms. The second-order valence-electron chi connectivity index (χ2n) is 5.36. The maximum Gasteiger partial charge on any atom is 0.412 e. The number of rotatable bonds is 2. The Balaban J connectivity index is 2.37. The number of fused-ring (bicyclic) bond motifs is 1. The molecule has 106 valence electrons. The lowest BCUT2D eigenvalue weighted by Gasteiger charge is -2.20. The maximum atomic E-state index is 11.8. The van der Waals surface area contributed by atoms with Crippen LogP contribution in [0.4, 0.5) is 10.5 Å². The van der Waals surface area contributed by atoms with Gasteiger partial charge in [0.1, 0.15) is 5.60 Å². The van der Waals surface area contributed by atoms with Gasteiger partial charge >= 0.3 is 12.1 Å². The second kappa shape index (κ2) is 4.88. The quantitative estimate of drug-likeness (QED) is 0.785. The topological polar surface area (TPSA) is 91.4 Å². The molecule has 0 spiro atoms. The molecule has 1 amide bonds. The molecule has 0 atom stereocenters. The molecule has 0 saturated carbocycles. The number of H-pyrrole nitrogens is 1. The van der Waals surface area contributed by atoms with Crippen LogP contribution in [0.1, 0.15) is 31.1 Å². The van der Waals surface area contributed by atoms with Crippen molar-refractivity contribution < 1.29 is 19.4 Å². The van der Waals surface area contributed by atoms with Crippen LogP contribution in [0, 0.1) is 0 Å². The van der Waals surface area contributed by atoms with Gasteiger partial charge in [-0.3, -0.25) is 5.32 Å². The summed E-state index contributed by atoms with van der Waals surface area (Å²) in [6, 6.07) is 5.09. The fourth-order valence-electron chi connectivity index (χ4n) is 1.87. The Morgan fingerprint density at radius 2 is 2.00 bits per heavy atom. The van der Waals surface area contributed by atoms with E-state index in [1.165, 1.54) is 6.20 Å². The molecule has 0 radical (unpaired) electrons. The number of carboxylic acids is 1. The van der Waals surface area contributed by atoms with E-state index in [4.69, 9.17) is 9.84 Å². The van der Waals surface area contributed by atoms with Gasteiger partial charge in [0.2, 0.25) is 0 Å². The zero-order chi connectivity index (χ0) is 14.9. The lowest BCUT2D eigenvalue weighted by atomic mass is 10.1. The minimum atomic E-state index is -1.06. The van der Waals surface area contributed by atoms with E-state index in [-0.39, 0.29) is 5.56 Å². The Morgan fingerprint density at radius 3 is 2.60 bits per heavy atom. The molecular weight excluding hydrogens is 260 g/mol. The van der Waals surface area contributed by atoms with Crippen molar-refractivity contribution in [2.75, 3.05) is 5.32 Å². The lowest BCUT2D eigenvalue weighted by Crippen LogP contribution is -2.27. The van der Waals surface area contributed by atoms with Crippen molar-refractivity contribution in [1.82, 2.24) is 4.98 Å². The van der Waals surface area contributed by atoms with E-state index in [1.807, 2.05) is 0 Å². The third-order valence-electron chi connectivity index (χ3n) is 2.57. The molecule has 6 nitrogen and oxygen atoms in total. The number of benzene rings is 1. The van der Waals surface area contributed by atoms with E-state index in [0.29, 0.717) is 16.6 Å². The van der Waals surface area contributed by atoms with Gasteiger partial charge in [-0.15, -0.1) is 0 Å². The predicted octanol–water partition coefficient (Wildman–Crippen LogP) is 3.21. The highest BCUT2D eigenvalue weighted by molar-refractivity contribution is 6.10. The fraction of sp³-hybridized carbons (Fsp3) is 0.286. The van der Waals surface area contributed by atoms with Crippen LogP contribution >= 0.6 is 0 Å². The molecule has 3 N–H and O–H groups in total. The van der Waals surface area contributed by atoms with E-state index in [0.717, 1.165) is 0 Å². The number of carbonyl (C=O) groups is 2. The minimum Gasteiger partial charge on any atom is -0.478 e. The average Bonchev–Trinajstić information content (AvgIpc) is 2.71. The van der Waals surface area contributed by atoms with Crippen molar-refractivity contribution in [3.05, 3.63) is 30.0 Å². The lowest BCUT2D eigenvalue weighted by molar-refractivity contribution is 0.0633. The number of carboxylic acid groups (broad SMARTS) is 1. The minimum absolute atomic E-state index is 0.103. The molecule has 1 heterocycles. The first-order chi connectivity index (χ1) is 9.28. The molecule has 0 aliphatic heterocycles. The highest BCUT2D eigenvalue weighted by Crippen LogP contribution is 2.27. The predicted molar refractivity (Wildman–Crippen MR) is 75.1 cm³/mol. The zero-order valence-corrected chi connectivity index (χ0v) is 11.5. The summed E-state index contributed by atoms with van der Waals surface area (Å²) in [4.78, 5) is 25.8. The Kier molecular flexibility index (Phi) is 3.40. The Labute approximate surface area is 115 Å². The summed E-state index contributed by atoms with van der Waals surface area (Å²) in [7, 11) is 0. The number of nitrogens with one attached hydrogen (secondary N) is 2. The van der Waals surface area contributed by atoms with Crippen molar-refractivity contribution in [3.8, 4) is 0 Å². The van der Waals surface area contributed by atoms with Crippen LogP contribution in [0.5, 0.6) is 0 Å². The molecule has 2 rings (SSSR count). The van der Waals surface area contributed by atoms with Crippen LogP contribution in [0.2, 0.25) is 0 Å². The molecule has 0 aliphatic carbocycles. The molecule has 0 saturated heterocycles. The smallest absolute Gasteiger partial charge is 0.412 e. The number of hydrogen-bond acceptors (Lipinski definition) is 3. The van der Waals surface area contributed by atoms with Crippen LogP contribution < -0.4 is 5.32 Å². The summed E-state index contributed by atoms with van der Waals surface area (Å²) in [5.74, 6) is -1.06. The van der Waals surface area contributed by atoms with Crippen LogP contribution in [0.3, 0.4) is 0 Å². The molecule has 0 fully saturated rings. The summed E-state index contributed by atoms with van der Waals surface area (Å²) in [6.45, 7) is 5.27. The largest absolute Gasteiger partial charge is 0.478 e. The molecule has 1 aromatic carbocycles. The number of aromatic amines is 1. The highest BCUT2D eigenvalue weighted by atomic mass is 16.6. The molecule has 0 unspecified atom stereocenters. The Hall–Kier alpha value is -2.50. The molecular formula is C14H16N2O4. The van der Waals surface area contributed by atoms with Gasteiger partial charge in [0.25, 0.3) is 0 Å². The maximum absolute atomic E-state index is 11.8. The van der Waals surface area contributed by atoms with Gasteiger partial charge < -0.3 is 14.8 Å². The third kappa shape index (κ3) is 2.90. The van der Waals surface area contributed by atoms with Crippen LogP contribution in [0.25, 0.3) is 10.9 Å². The number of carbonyl (C=O) groups excluding carboxylic acids is 1. The first-order valence-electron chi connectivity index (χ1n) is 6.11. The fourth-order valence-corrected chi connectivity index (χ4v) is 1.87. The van der Waals surface area contributed by atoms with Gasteiger partial charge in [0, 0.05) is 17.1 Å². The number of anilines is 1. The summed E-state index contributed by atoms with van der Waals surface area (Å²) >= 11 is 0. The number of aromatic carboxylic acids is 1. The van der Waals surface area contributed by atoms with E-state index < -0.39 is 17.7 Å². The van der Waals surface area contributed by atoms with Gasteiger partial charge in [-0.1, -0.05) is 6.07 Å². The van der Waals surface area contributed by atoms with Crippen LogP contribution in [-0.2, 0) is 4.74 Å². The monoisotopic (exact) mass is 276 g/mol. The van der Waals surface area contributed by atoms with Gasteiger partial charge in [0.15, 0.2) is 0 Å². The summed E-state index contributed by atoms with van der Waals surface area (Å²) < 4.78 is 5.16. The van der Waals surface area contributed by atoms with Crippen molar-refractivity contribution in [3.63, 3.8) is 0 Å². The average molecular weight is 276 g/mol. The number of ether oxygens (including phenoxy) is 1. The van der Waals surface area contributed by atoms with Crippen molar-refractivity contribution >= 4 is 28.7 Å². The van der Waals surface area contributed by atoms with Crippen molar-refractivity contribution in [2.24, 2.45) is 0 Å². The Morgan fingerprint density at radius 1 is 1.30 bits per heavy atom. The summed E-state index contributed by atoms with van der Waals surface area (Å²) in [5.41, 5.74) is 0.518. The van der Waals surface area contributed by atoms with Gasteiger partial charge in [-0.2, -0.15) is 0 Å². The molecule has 1 aromatic heterocycles. The number of aromatic nitrogens is 1. The zero-order valence-electron chi connectivity index (χ0n) is 11.5. The van der Waals surface area contributed by atoms with Crippen LogP contribution in [-0.4, -0.2) is 27.8 Å².